The maximum Gasteiger partial charge on any atom is 0.345 e. The predicted octanol–water partition coefficient (Wildman–Crippen LogP) is 5.25. The average Bonchev–Trinajstić information content (AvgIpc) is 2.56. The minimum absolute atomic E-state index is 0.322. The number of thioether (sulfide) groups is 1. The third-order valence-corrected chi connectivity index (χ3v) is 4.28. The predicted molar refractivity (Wildman–Crippen MR) is 97.2 cm³/mol. The molecule has 0 aliphatic rings. The van der Waals surface area contributed by atoms with Gasteiger partial charge in [0.05, 0.1) is 6.61 Å². The van der Waals surface area contributed by atoms with E-state index < -0.39 is 0 Å². The van der Waals surface area contributed by atoms with E-state index in [4.69, 9.17) is 4.74 Å². The van der Waals surface area contributed by atoms with Gasteiger partial charge in [0.1, 0.15) is 4.91 Å². The molecule has 0 amide bonds. The molecule has 0 saturated heterocycles. The summed E-state index contributed by atoms with van der Waals surface area (Å²) in [6.07, 6.45) is 1.71. The van der Waals surface area contributed by atoms with Gasteiger partial charge >= 0.3 is 5.97 Å². The van der Waals surface area contributed by atoms with E-state index >= 15 is 0 Å². The van der Waals surface area contributed by atoms with Crippen molar-refractivity contribution in [1.29, 1.82) is 0 Å². The molecule has 3 heteroatoms. The van der Waals surface area contributed by atoms with Crippen molar-refractivity contribution in [3.05, 3.63) is 83.3 Å². The van der Waals surface area contributed by atoms with Gasteiger partial charge in [0.15, 0.2) is 0 Å². The van der Waals surface area contributed by atoms with E-state index in [2.05, 4.69) is 12.6 Å². The first-order chi connectivity index (χ1) is 11.2. The van der Waals surface area contributed by atoms with E-state index in [1.54, 1.807) is 6.08 Å². The first kappa shape index (κ1) is 17.1. The number of esters is 1. The molecule has 2 aromatic carbocycles. The fourth-order valence-corrected chi connectivity index (χ4v) is 3.24. The molecule has 0 aromatic heterocycles. The van der Waals surface area contributed by atoms with Crippen LogP contribution < -0.4 is 0 Å². The van der Waals surface area contributed by atoms with Crippen LogP contribution in [0.2, 0.25) is 0 Å². The van der Waals surface area contributed by atoms with Gasteiger partial charge in [0, 0.05) is 10.5 Å². The molecule has 2 nitrogen and oxygen atoms in total. The molecule has 0 unspecified atom stereocenters. The van der Waals surface area contributed by atoms with Gasteiger partial charge in [-0.05, 0) is 31.5 Å². The molecule has 118 valence electrons. The summed E-state index contributed by atoms with van der Waals surface area (Å²) in [5.41, 5.74) is 2.89. The van der Waals surface area contributed by atoms with Crippen molar-refractivity contribution in [3.63, 3.8) is 0 Å². The molecule has 0 aliphatic carbocycles. The number of benzene rings is 2. The molecule has 0 aliphatic heterocycles. The van der Waals surface area contributed by atoms with Crippen molar-refractivity contribution >= 4 is 23.3 Å². The molecular formula is C20H20O2S. The Hall–Kier alpha value is -2.26. The Balaban J connectivity index is 2.49. The van der Waals surface area contributed by atoms with Gasteiger partial charge in [0.25, 0.3) is 0 Å². The van der Waals surface area contributed by atoms with Gasteiger partial charge in [-0.25, -0.2) is 4.79 Å². The number of ether oxygens (including phenoxy) is 1. The molecule has 23 heavy (non-hydrogen) atoms. The van der Waals surface area contributed by atoms with Crippen molar-refractivity contribution in [3.8, 4) is 0 Å². The minimum Gasteiger partial charge on any atom is -0.462 e. The average molecular weight is 324 g/mol. The zero-order valence-corrected chi connectivity index (χ0v) is 14.2. The molecule has 0 N–H and O–H groups in total. The molecule has 0 saturated carbocycles. The van der Waals surface area contributed by atoms with Gasteiger partial charge < -0.3 is 4.74 Å². The lowest BCUT2D eigenvalue weighted by molar-refractivity contribution is -0.137. The molecule has 0 radical (unpaired) electrons. The highest BCUT2D eigenvalue weighted by Gasteiger charge is 2.18. The summed E-state index contributed by atoms with van der Waals surface area (Å²) < 4.78 is 5.25. The maximum atomic E-state index is 12.5. The van der Waals surface area contributed by atoms with E-state index in [1.807, 2.05) is 62.4 Å². The first-order valence-corrected chi connectivity index (χ1v) is 8.31. The van der Waals surface area contributed by atoms with Crippen LogP contribution in [-0.2, 0) is 9.53 Å². The third kappa shape index (κ3) is 4.60. The van der Waals surface area contributed by atoms with E-state index in [0.29, 0.717) is 11.5 Å². The molecule has 0 fully saturated rings. The molecule has 0 heterocycles. The minimum atomic E-state index is -0.322. The summed E-state index contributed by atoms with van der Waals surface area (Å²) >= 11 is 1.41. The zero-order valence-electron chi connectivity index (χ0n) is 13.4. The van der Waals surface area contributed by atoms with E-state index in [-0.39, 0.29) is 5.97 Å². The Kier molecular flexibility index (Phi) is 6.24. The first-order valence-electron chi connectivity index (χ1n) is 7.49. The number of rotatable bonds is 6. The summed E-state index contributed by atoms with van der Waals surface area (Å²) in [6, 6.07) is 17.8. The third-order valence-electron chi connectivity index (χ3n) is 3.20. The van der Waals surface area contributed by atoms with Crippen LogP contribution in [0.1, 0.15) is 18.1 Å². The number of allylic oxidation sites excluding steroid dienone is 2. The van der Waals surface area contributed by atoms with Crippen LogP contribution in [0.5, 0.6) is 0 Å². The fraction of sp³-hybridized carbons (Fsp3) is 0.150. The van der Waals surface area contributed by atoms with E-state index in [0.717, 1.165) is 21.6 Å². The van der Waals surface area contributed by atoms with Crippen molar-refractivity contribution < 1.29 is 9.53 Å². The fourth-order valence-electron chi connectivity index (χ4n) is 2.16. The quantitative estimate of drug-likeness (QED) is 0.314. The normalized spacial score (nSPS) is 11.6. The van der Waals surface area contributed by atoms with Crippen molar-refractivity contribution in [2.24, 2.45) is 0 Å². The smallest absolute Gasteiger partial charge is 0.345 e. The van der Waals surface area contributed by atoms with Gasteiger partial charge in [-0.2, -0.15) is 0 Å². The number of carbonyl (C=O) groups is 1. The van der Waals surface area contributed by atoms with Crippen LogP contribution in [0.3, 0.4) is 0 Å². The number of carbonyl (C=O) groups excluding carboxylic acids is 1. The number of aryl methyl sites for hydroxylation is 1. The van der Waals surface area contributed by atoms with Crippen molar-refractivity contribution in [2.75, 3.05) is 6.61 Å². The van der Waals surface area contributed by atoms with Crippen molar-refractivity contribution in [2.45, 2.75) is 18.7 Å². The highest BCUT2D eigenvalue weighted by molar-refractivity contribution is 8.04. The molecule has 0 spiro atoms. The van der Waals surface area contributed by atoms with Crippen LogP contribution >= 0.6 is 11.8 Å². The van der Waals surface area contributed by atoms with Gasteiger partial charge in [-0.1, -0.05) is 72.4 Å². The Morgan fingerprint density at radius 3 is 2.52 bits per heavy atom. The Morgan fingerprint density at radius 1 is 1.17 bits per heavy atom. The standard InChI is InChI=1S/C20H20O2S/c1-4-18(16-11-7-6-8-12-16)19(20(21)22-5-2)23-17-13-9-10-15(3)14-17/h4,6-14H,1,5H2,2-3H3/b19-18-. The van der Waals surface area contributed by atoms with Crippen LogP contribution in [-0.4, -0.2) is 12.6 Å². The van der Waals surface area contributed by atoms with E-state index in [9.17, 15) is 4.79 Å². The molecular weight excluding hydrogens is 304 g/mol. The highest BCUT2D eigenvalue weighted by atomic mass is 32.2. The molecule has 2 aromatic rings. The second-order valence-corrected chi connectivity index (χ2v) is 6.04. The summed E-state index contributed by atoms with van der Waals surface area (Å²) in [6.45, 7) is 8.06. The highest BCUT2D eigenvalue weighted by Crippen LogP contribution is 2.34. The lowest BCUT2D eigenvalue weighted by atomic mass is 10.1. The Bertz CT molecular complexity index is 717. The summed E-state index contributed by atoms with van der Waals surface area (Å²) in [5.74, 6) is -0.322. The topological polar surface area (TPSA) is 26.3 Å². The summed E-state index contributed by atoms with van der Waals surface area (Å²) in [5, 5.41) is 0. The molecule has 0 bridgehead atoms. The number of hydrogen-bond acceptors (Lipinski definition) is 3. The van der Waals surface area contributed by atoms with Gasteiger partial charge in [-0.3, -0.25) is 0 Å². The number of hydrogen-bond donors (Lipinski definition) is 0. The van der Waals surface area contributed by atoms with Gasteiger partial charge in [0.2, 0.25) is 0 Å². The molecule has 0 atom stereocenters. The van der Waals surface area contributed by atoms with Crippen LogP contribution in [0.15, 0.2) is 77.1 Å². The van der Waals surface area contributed by atoms with Gasteiger partial charge in [-0.15, -0.1) is 0 Å². The second-order valence-electron chi connectivity index (χ2n) is 4.95. The van der Waals surface area contributed by atoms with Crippen LogP contribution in [0.25, 0.3) is 5.57 Å². The summed E-state index contributed by atoms with van der Waals surface area (Å²) in [7, 11) is 0. The Morgan fingerprint density at radius 2 is 1.91 bits per heavy atom. The van der Waals surface area contributed by atoms with Crippen LogP contribution in [0.4, 0.5) is 0 Å². The second kappa shape index (κ2) is 8.39. The van der Waals surface area contributed by atoms with Crippen LogP contribution in [0, 0.1) is 6.92 Å². The molecule has 2 rings (SSSR count). The monoisotopic (exact) mass is 324 g/mol. The largest absolute Gasteiger partial charge is 0.462 e. The zero-order chi connectivity index (χ0) is 16.7. The van der Waals surface area contributed by atoms with Crippen molar-refractivity contribution in [1.82, 2.24) is 0 Å². The lowest BCUT2D eigenvalue weighted by Crippen LogP contribution is -2.07. The maximum absolute atomic E-state index is 12.5. The SMILES string of the molecule is C=C/C(=C(/Sc1cccc(C)c1)C(=O)OCC)c1ccccc1. The lowest BCUT2D eigenvalue weighted by Gasteiger charge is -2.12. The Labute approximate surface area is 141 Å². The summed E-state index contributed by atoms with van der Waals surface area (Å²) in [4.78, 5) is 14.0. The van der Waals surface area contributed by atoms with E-state index in [1.165, 1.54) is 11.8 Å².